The van der Waals surface area contributed by atoms with Crippen molar-refractivity contribution in [2.24, 2.45) is 5.92 Å². The molecule has 0 unspecified atom stereocenters. The standard InChI is InChI=1S/C11H10ClF2NO2/c12-8-2-9(13)7(1-10(8)14)11(17)15-3-6(4-15)5-16/h1-2,6,16H,3-5H2. The predicted molar refractivity (Wildman–Crippen MR) is 57.8 cm³/mol. The van der Waals surface area contributed by atoms with Gasteiger partial charge in [-0.3, -0.25) is 4.79 Å². The van der Waals surface area contributed by atoms with Crippen LogP contribution < -0.4 is 0 Å². The number of likely N-dealkylation sites (tertiary alicyclic amines) is 1. The molecule has 0 aromatic heterocycles. The highest BCUT2D eigenvalue weighted by Gasteiger charge is 2.32. The molecule has 1 aliphatic heterocycles. The van der Waals surface area contributed by atoms with Crippen LogP contribution in [0.3, 0.4) is 0 Å². The molecule has 0 radical (unpaired) electrons. The summed E-state index contributed by atoms with van der Waals surface area (Å²) in [5.41, 5.74) is -0.330. The van der Waals surface area contributed by atoms with Crippen LogP contribution in [0.25, 0.3) is 0 Å². The Morgan fingerprint density at radius 3 is 2.65 bits per heavy atom. The summed E-state index contributed by atoms with van der Waals surface area (Å²) >= 11 is 5.39. The molecule has 2 rings (SSSR count). The number of amides is 1. The van der Waals surface area contributed by atoms with Crippen molar-refractivity contribution in [3.63, 3.8) is 0 Å². The van der Waals surface area contributed by atoms with E-state index >= 15 is 0 Å². The van der Waals surface area contributed by atoms with E-state index in [0.717, 1.165) is 12.1 Å². The second kappa shape index (κ2) is 4.58. The van der Waals surface area contributed by atoms with E-state index in [1.54, 1.807) is 0 Å². The Morgan fingerprint density at radius 2 is 2.06 bits per heavy atom. The van der Waals surface area contributed by atoms with E-state index in [9.17, 15) is 13.6 Å². The van der Waals surface area contributed by atoms with Gasteiger partial charge in [0.2, 0.25) is 0 Å². The summed E-state index contributed by atoms with van der Waals surface area (Å²) in [6, 6.07) is 1.58. The van der Waals surface area contributed by atoms with Crippen LogP contribution in [-0.4, -0.2) is 35.6 Å². The fourth-order valence-corrected chi connectivity index (χ4v) is 1.86. The quantitative estimate of drug-likeness (QED) is 0.823. The number of aliphatic hydroxyl groups is 1. The van der Waals surface area contributed by atoms with Gasteiger partial charge in [-0.05, 0) is 12.1 Å². The van der Waals surface area contributed by atoms with Crippen LogP contribution in [0.1, 0.15) is 10.4 Å². The molecule has 1 heterocycles. The summed E-state index contributed by atoms with van der Waals surface area (Å²) in [5, 5.41) is 8.45. The summed E-state index contributed by atoms with van der Waals surface area (Å²) in [5.74, 6) is -2.22. The maximum Gasteiger partial charge on any atom is 0.256 e. The summed E-state index contributed by atoms with van der Waals surface area (Å²) < 4.78 is 26.6. The van der Waals surface area contributed by atoms with Gasteiger partial charge >= 0.3 is 0 Å². The highest BCUT2D eigenvalue weighted by molar-refractivity contribution is 6.30. The van der Waals surface area contributed by atoms with Gasteiger partial charge in [0, 0.05) is 25.6 Å². The van der Waals surface area contributed by atoms with E-state index in [-0.39, 0.29) is 23.1 Å². The molecule has 0 atom stereocenters. The number of halogens is 3. The SMILES string of the molecule is O=C(c1cc(F)c(Cl)cc1F)N1CC(CO)C1. The van der Waals surface area contributed by atoms with E-state index in [4.69, 9.17) is 16.7 Å². The van der Waals surface area contributed by atoms with Crippen LogP contribution in [0.15, 0.2) is 12.1 Å². The summed E-state index contributed by atoms with van der Waals surface area (Å²) in [6.45, 7) is 0.708. The van der Waals surface area contributed by atoms with Crippen molar-refractivity contribution in [3.05, 3.63) is 34.4 Å². The molecular weight excluding hydrogens is 252 g/mol. The first-order valence-electron chi connectivity index (χ1n) is 5.07. The Morgan fingerprint density at radius 1 is 1.41 bits per heavy atom. The van der Waals surface area contributed by atoms with Gasteiger partial charge in [0.15, 0.2) is 0 Å². The third kappa shape index (κ3) is 2.25. The minimum absolute atomic E-state index is 0.0127. The molecule has 0 saturated carbocycles. The number of carbonyl (C=O) groups is 1. The molecule has 1 aromatic rings. The molecule has 1 fully saturated rings. The second-order valence-electron chi connectivity index (χ2n) is 4.00. The Balaban J connectivity index is 2.18. The lowest BCUT2D eigenvalue weighted by Gasteiger charge is -2.38. The number of aliphatic hydroxyl groups excluding tert-OH is 1. The van der Waals surface area contributed by atoms with E-state index in [0.29, 0.717) is 13.1 Å². The van der Waals surface area contributed by atoms with E-state index < -0.39 is 17.5 Å². The Labute approximate surface area is 102 Å². The maximum atomic E-state index is 13.4. The van der Waals surface area contributed by atoms with Gasteiger partial charge in [0.25, 0.3) is 5.91 Å². The molecule has 6 heteroatoms. The summed E-state index contributed by atoms with van der Waals surface area (Å²) in [6.07, 6.45) is 0. The Hall–Kier alpha value is -1.20. The van der Waals surface area contributed by atoms with Crippen LogP contribution in [0.5, 0.6) is 0 Å². The van der Waals surface area contributed by atoms with Gasteiger partial charge in [0.1, 0.15) is 11.6 Å². The molecule has 3 nitrogen and oxygen atoms in total. The van der Waals surface area contributed by atoms with Crippen molar-refractivity contribution in [1.29, 1.82) is 0 Å². The van der Waals surface area contributed by atoms with Crippen molar-refractivity contribution < 1.29 is 18.7 Å². The van der Waals surface area contributed by atoms with Crippen LogP contribution in [0.2, 0.25) is 5.02 Å². The zero-order chi connectivity index (χ0) is 12.6. The topological polar surface area (TPSA) is 40.5 Å². The van der Waals surface area contributed by atoms with Crippen molar-refractivity contribution in [2.75, 3.05) is 19.7 Å². The van der Waals surface area contributed by atoms with Gasteiger partial charge in [0.05, 0.1) is 10.6 Å². The average molecular weight is 262 g/mol. The average Bonchev–Trinajstić information content (AvgIpc) is 2.21. The molecule has 1 aliphatic rings. The van der Waals surface area contributed by atoms with Crippen LogP contribution in [0.4, 0.5) is 8.78 Å². The van der Waals surface area contributed by atoms with Gasteiger partial charge in [-0.2, -0.15) is 0 Å². The predicted octanol–water partition coefficient (Wildman–Crippen LogP) is 1.68. The van der Waals surface area contributed by atoms with Crippen LogP contribution >= 0.6 is 11.6 Å². The highest BCUT2D eigenvalue weighted by Crippen LogP contribution is 2.23. The monoisotopic (exact) mass is 261 g/mol. The summed E-state index contributed by atoms with van der Waals surface area (Å²) in [4.78, 5) is 13.1. The number of rotatable bonds is 2. The van der Waals surface area contributed by atoms with Crippen LogP contribution in [-0.2, 0) is 0 Å². The molecular formula is C11H10ClF2NO2. The first kappa shape index (κ1) is 12.3. The maximum absolute atomic E-state index is 13.4. The van der Waals surface area contributed by atoms with Crippen molar-refractivity contribution >= 4 is 17.5 Å². The van der Waals surface area contributed by atoms with Gasteiger partial charge in [-0.25, -0.2) is 8.78 Å². The lowest BCUT2D eigenvalue weighted by atomic mass is 10.00. The number of benzene rings is 1. The normalized spacial score (nSPS) is 15.9. The molecule has 92 valence electrons. The molecule has 0 bridgehead atoms. The lowest BCUT2D eigenvalue weighted by molar-refractivity contribution is 0.0357. The lowest BCUT2D eigenvalue weighted by Crippen LogP contribution is -2.51. The van der Waals surface area contributed by atoms with E-state index in [2.05, 4.69) is 0 Å². The number of nitrogens with zero attached hydrogens (tertiary/aromatic N) is 1. The zero-order valence-electron chi connectivity index (χ0n) is 8.79. The molecule has 1 aromatic carbocycles. The Kier molecular flexibility index (Phi) is 3.31. The molecule has 1 N–H and O–H groups in total. The minimum atomic E-state index is -0.839. The number of hydrogen-bond donors (Lipinski definition) is 1. The zero-order valence-corrected chi connectivity index (χ0v) is 9.55. The molecule has 1 amide bonds. The fraction of sp³-hybridized carbons (Fsp3) is 0.364. The van der Waals surface area contributed by atoms with E-state index in [1.807, 2.05) is 0 Å². The largest absolute Gasteiger partial charge is 0.396 e. The van der Waals surface area contributed by atoms with Crippen molar-refractivity contribution in [1.82, 2.24) is 4.90 Å². The van der Waals surface area contributed by atoms with E-state index in [1.165, 1.54) is 4.90 Å². The minimum Gasteiger partial charge on any atom is -0.396 e. The first-order chi connectivity index (χ1) is 8.02. The fourth-order valence-electron chi connectivity index (χ4n) is 1.71. The molecule has 1 saturated heterocycles. The van der Waals surface area contributed by atoms with Gasteiger partial charge in [-0.15, -0.1) is 0 Å². The Bertz CT molecular complexity index is 461. The molecule has 0 spiro atoms. The van der Waals surface area contributed by atoms with Gasteiger partial charge in [-0.1, -0.05) is 11.6 Å². The molecule has 0 aliphatic carbocycles. The second-order valence-corrected chi connectivity index (χ2v) is 4.41. The van der Waals surface area contributed by atoms with Crippen molar-refractivity contribution in [3.8, 4) is 0 Å². The number of hydrogen-bond acceptors (Lipinski definition) is 2. The number of carbonyl (C=O) groups excluding carboxylic acids is 1. The first-order valence-corrected chi connectivity index (χ1v) is 5.45. The van der Waals surface area contributed by atoms with Crippen LogP contribution in [0, 0.1) is 17.6 Å². The third-order valence-electron chi connectivity index (χ3n) is 2.74. The van der Waals surface area contributed by atoms with Crippen molar-refractivity contribution in [2.45, 2.75) is 0 Å². The van der Waals surface area contributed by atoms with Gasteiger partial charge < -0.3 is 10.0 Å². The third-order valence-corrected chi connectivity index (χ3v) is 3.03. The summed E-state index contributed by atoms with van der Waals surface area (Å²) in [7, 11) is 0. The molecule has 17 heavy (non-hydrogen) atoms. The smallest absolute Gasteiger partial charge is 0.256 e. The highest BCUT2D eigenvalue weighted by atomic mass is 35.5.